The zero-order valence-corrected chi connectivity index (χ0v) is 31.9. The Bertz CT molecular complexity index is 3220. The minimum absolute atomic E-state index is 1.09. The smallest absolute Gasteiger partial charge is 0.0561 e. The quantitative estimate of drug-likeness (QED) is 0.158. The topological polar surface area (TPSA) is 8.17 Å². The number of thiophene rings is 1. The van der Waals surface area contributed by atoms with Crippen LogP contribution in [0.5, 0.6) is 0 Å². The van der Waals surface area contributed by atoms with Gasteiger partial charge in [-0.05, 0) is 76.9 Å². The molecule has 0 amide bonds. The summed E-state index contributed by atoms with van der Waals surface area (Å²) in [5.74, 6) is 0. The van der Waals surface area contributed by atoms with Crippen LogP contribution in [0, 0.1) is 0 Å². The Morgan fingerprint density at radius 2 is 0.930 bits per heavy atom. The molecule has 268 valence electrons. The normalized spacial score (nSPS) is 11.5. The molecule has 2 nitrogen and oxygen atoms in total. The summed E-state index contributed by atoms with van der Waals surface area (Å²) >= 11 is 1.88. The Morgan fingerprint density at radius 1 is 0.351 bits per heavy atom. The standard InChI is InChI=1S/C54H36N2S/c1-4-15-37(16-5-1)39-27-30-42(31-28-39)55(43-32-34-45-44-21-10-12-25-50(44)56(52(45)36-43)41-19-8-3-9-20-41)51-35-40(38-17-6-2-7-18-38)29-33-46(51)48-23-14-24-49-47-22-11-13-26-53(47)57-54(48)49/h1-36H. The number of nitrogens with zero attached hydrogens (tertiary/aromatic N) is 2. The molecule has 0 spiro atoms. The lowest BCUT2D eigenvalue weighted by Gasteiger charge is -2.29. The van der Waals surface area contributed by atoms with Crippen LogP contribution in [0.15, 0.2) is 218 Å². The van der Waals surface area contributed by atoms with E-state index in [2.05, 4.69) is 228 Å². The highest BCUT2D eigenvalue weighted by molar-refractivity contribution is 7.26. The summed E-state index contributed by atoms with van der Waals surface area (Å²) in [6, 6.07) is 79.5. The molecular formula is C54H36N2S. The summed E-state index contributed by atoms with van der Waals surface area (Å²) < 4.78 is 5.01. The monoisotopic (exact) mass is 744 g/mol. The number of hydrogen-bond acceptors (Lipinski definition) is 2. The van der Waals surface area contributed by atoms with Crippen molar-refractivity contribution in [1.82, 2.24) is 4.57 Å². The van der Waals surface area contributed by atoms with Gasteiger partial charge in [-0.1, -0.05) is 164 Å². The van der Waals surface area contributed by atoms with Crippen LogP contribution >= 0.6 is 11.3 Å². The van der Waals surface area contributed by atoms with Crippen LogP contribution in [0.2, 0.25) is 0 Å². The van der Waals surface area contributed by atoms with Crippen LogP contribution in [0.4, 0.5) is 17.1 Å². The first kappa shape index (κ1) is 33.2. The highest BCUT2D eigenvalue weighted by atomic mass is 32.1. The molecule has 2 aromatic heterocycles. The van der Waals surface area contributed by atoms with Gasteiger partial charge in [0.2, 0.25) is 0 Å². The number of fused-ring (bicyclic) bond motifs is 6. The maximum absolute atomic E-state index is 2.47. The van der Waals surface area contributed by atoms with Crippen LogP contribution in [0.3, 0.4) is 0 Å². The largest absolute Gasteiger partial charge is 0.310 e. The summed E-state index contributed by atoms with van der Waals surface area (Å²) in [7, 11) is 0. The van der Waals surface area contributed by atoms with Crippen molar-refractivity contribution in [2.75, 3.05) is 4.90 Å². The minimum atomic E-state index is 1.09. The van der Waals surface area contributed by atoms with Crippen LogP contribution in [0.1, 0.15) is 0 Å². The Balaban J connectivity index is 1.21. The van der Waals surface area contributed by atoms with Gasteiger partial charge in [0.1, 0.15) is 0 Å². The van der Waals surface area contributed by atoms with Crippen molar-refractivity contribution in [3.05, 3.63) is 218 Å². The summed E-state index contributed by atoms with van der Waals surface area (Å²) in [5.41, 5.74) is 14.0. The third-order valence-corrected chi connectivity index (χ3v) is 12.4. The van der Waals surface area contributed by atoms with Crippen molar-refractivity contribution < 1.29 is 0 Å². The number of aromatic nitrogens is 1. The van der Waals surface area contributed by atoms with E-state index in [0.717, 1.165) is 28.3 Å². The molecule has 0 radical (unpaired) electrons. The van der Waals surface area contributed by atoms with Gasteiger partial charge in [0.15, 0.2) is 0 Å². The van der Waals surface area contributed by atoms with Crippen molar-refractivity contribution in [3.8, 4) is 39.1 Å². The molecule has 0 N–H and O–H groups in total. The third kappa shape index (κ3) is 5.71. The highest BCUT2D eigenvalue weighted by Crippen LogP contribution is 2.48. The van der Waals surface area contributed by atoms with Crippen molar-refractivity contribution in [3.63, 3.8) is 0 Å². The van der Waals surface area contributed by atoms with E-state index >= 15 is 0 Å². The molecule has 0 aliphatic rings. The maximum Gasteiger partial charge on any atom is 0.0561 e. The van der Waals surface area contributed by atoms with Gasteiger partial charge in [0.25, 0.3) is 0 Å². The lowest BCUT2D eigenvalue weighted by molar-refractivity contribution is 1.18. The van der Waals surface area contributed by atoms with Gasteiger partial charge in [-0.15, -0.1) is 11.3 Å². The maximum atomic E-state index is 2.47. The van der Waals surface area contributed by atoms with Gasteiger partial charge >= 0.3 is 0 Å². The van der Waals surface area contributed by atoms with E-state index in [4.69, 9.17) is 0 Å². The second kappa shape index (κ2) is 13.8. The number of anilines is 3. The molecule has 0 atom stereocenters. The molecule has 11 rings (SSSR count). The SMILES string of the molecule is c1ccc(-c2ccc(N(c3ccc4c5ccccc5n(-c5ccccc5)c4c3)c3cc(-c4ccccc4)ccc3-c3cccc4c3sc3ccccc34)cc2)cc1. The van der Waals surface area contributed by atoms with Crippen molar-refractivity contribution in [2.45, 2.75) is 0 Å². The molecular weight excluding hydrogens is 709 g/mol. The third-order valence-electron chi connectivity index (χ3n) is 11.2. The lowest BCUT2D eigenvalue weighted by Crippen LogP contribution is -2.12. The molecule has 9 aromatic carbocycles. The van der Waals surface area contributed by atoms with Crippen LogP contribution in [-0.4, -0.2) is 4.57 Å². The van der Waals surface area contributed by atoms with E-state index in [1.165, 1.54) is 69.8 Å². The van der Waals surface area contributed by atoms with Crippen LogP contribution < -0.4 is 4.90 Å². The van der Waals surface area contributed by atoms with Crippen molar-refractivity contribution in [2.24, 2.45) is 0 Å². The molecule has 0 aliphatic heterocycles. The van der Waals surface area contributed by atoms with E-state index in [1.54, 1.807) is 0 Å². The van der Waals surface area contributed by atoms with E-state index in [1.807, 2.05) is 11.3 Å². The first-order chi connectivity index (χ1) is 28.3. The van der Waals surface area contributed by atoms with Crippen molar-refractivity contribution >= 4 is 70.4 Å². The fourth-order valence-corrected chi connectivity index (χ4v) is 9.76. The number of hydrogen-bond donors (Lipinski definition) is 0. The van der Waals surface area contributed by atoms with E-state index in [0.29, 0.717) is 0 Å². The second-order valence-electron chi connectivity index (χ2n) is 14.5. The Kier molecular flexibility index (Phi) is 8.04. The molecule has 2 heterocycles. The van der Waals surface area contributed by atoms with E-state index in [-0.39, 0.29) is 0 Å². The molecule has 0 saturated carbocycles. The van der Waals surface area contributed by atoms with Gasteiger partial charge in [-0.3, -0.25) is 0 Å². The zero-order valence-electron chi connectivity index (χ0n) is 31.1. The fourth-order valence-electron chi connectivity index (χ4n) is 8.53. The van der Waals surface area contributed by atoms with Gasteiger partial charge in [0.05, 0.1) is 16.7 Å². The number of para-hydroxylation sites is 2. The number of rotatable bonds is 7. The Labute approximate surface area is 335 Å². The fraction of sp³-hybridized carbons (Fsp3) is 0. The van der Waals surface area contributed by atoms with Crippen LogP contribution in [-0.2, 0) is 0 Å². The van der Waals surface area contributed by atoms with E-state index < -0.39 is 0 Å². The molecule has 0 saturated heterocycles. The van der Waals surface area contributed by atoms with Gasteiger partial charge in [-0.25, -0.2) is 0 Å². The molecule has 0 aliphatic carbocycles. The van der Waals surface area contributed by atoms with Gasteiger partial charge in [0, 0.05) is 59.1 Å². The molecule has 57 heavy (non-hydrogen) atoms. The van der Waals surface area contributed by atoms with Gasteiger partial charge in [-0.2, -0.15) is 0 Å². The summed E-state index contributed by atoms with van der Waals surface area (Å²) in [5, 5.41) is 5.06. The molecule has 11 aromatic rings. The number of benzene rings is 9. The molecule has 0 unspecified atom stereocenters. The minimum Gasteiger partial charge on any atom is -0.310 e. The van der Waals surface area contributed by atoms with E-state index in [9.17, 15) is 0 Å². The Hall–Kier alpha value is -7.20. The average Bonchev–Trinajstić information content (AvgIpc) is 3.83. The predicted molar refractivity (Wildman–Crippen MR) is 245 cm³/mol. The van der Waals surface area contributed by atoms with Crippen molar-refractivity contribution in [1.29, 1.82) is 0 Å². The first-order valence-corrected chi connectivity index (χ1v) is 20.2. The van der Waals surface area contributed by atoms with Crippen LogP contribution in [0.25, 0.3) is 81.0 Å². The lowest BCUT2D eigenvalue weighted by atomic mass is 9.95. The van der Waals surface area contributed by atoms with Gasteiger partial charge < -0.3 is 9.47 Å². The molecule has 0 fully saturated rings. The Morgan fingerprint density at radius 3 is 1.70 bits per heavy atom. The molecule has 3 heteroatoms. The second-order valence-corrected chi connectivity index (χ2v) is 15.6. The predicted octanol–water partition coefficient (Wildman–Crippen LogP) is 15.6. The molecule has 0 bridgehead atoms. The summed E-state index contributed by atoms with van der Waals surface area (Å²) in [6.07, 6.45) is 0. The highest BCUT2D eigenvalue weighted by Gasteiger charge is 2.23. The first-order valence-electron chi connectivity index (χ1n) is 19.4. The summed E-state index contributed by atoms with van der Waals surface area (Å²) in [4.78, 5) is 2.47. The average molecular weight is 745 g/mol. The summed E-state index contributed by atoms with van der Waals surface area (Å²) in [6.45, 7) is 0. The zero-order chi connectivity index (χ0) is 37.7.